The second-order valence-electron chi connectivity index (χ2n) is 4.22. The van der Waals surface area contributed by atoms with Gasteiger partial charge in [-0.25, -0.2) is 0 Å². The van der Waals surface area contributed by atoms with Gasteiger partial charge < -0.3 is 9.47 Å². The highest BCUT2D eigenvalue weighted by atomic mass is 16.6. The highest BCUT2D eigenvalue weighted by Crippen LogP contribution is 2.50. The van der Waals surface area contributed by atoms with Gasteiger partial charge in [0.05, 0.1) is 24.6 Å². The molecule has 0 amide bonds. The van der Waals surface area contributed by atoms with E-state index >= 15 is 0 Å². The van der Waals surface area contributed by atoms with Crippen LogP contribution in [0, 0.1) is 10.1 Å². The molecule has 0 N–H and O–H groups in total. The Morgan fingerprint density at radius 3 is 2.50 bits per heavy atom. The van der Waals surface area contributed by atoms with Crippen molar-refractivity contribution in [2.24, 2.45) is 0 Å². The van der Waals surface area contributed by atoms with Crippen LogP contribution >= 0.6 is 0 Å². The van der Waals surface area contributed by atoms with E-state index in [0.717, 1.165) is 0 Å². The summed E-state index contributed by atoms with van der Waals surface area (Å²) in [6.45, 7) is 0. The maximum Gasteiger partial charge on any atom is 0.316 e. The first-order valence-electron chi connectivity index (χ1n) is 5.46. The fraction of sp³-hybridized carbons (Fsp3) is 0.417. The molecule has 1 aliphatic rings. The third-order valence-electron chi connectivity index (χ3n) is 3.26. The molecule has 1 saturated carbocycles. The lowest BCUT2D eigenvalue weighted by atomic mass is 9.95. The summed E-state index contributed by atoms with van der Waals surface area (Å²) in [7, 11) is 2.70. The molecular weight excluding hydrogens is 238 g/mol. The molecule has 1 aromatic carbocycles. The number of nitro groups is 1. The van der Waals surface area contributed by atoms with Crippen LogP contribution in [-0.4, -0.2) is 25.1 Å². The average Bonchev–Trinajstić information content (AvgIpc) is 3.18. The lowest BCUT2D eigenvalue weighted by molar-refractivity contribution is -0.385. The Hall–Kier alpha value is -2.11. The Labute approximate surface area is 104 Å². The minimum Gasteiger partial charge on any atom is -0.490 e. The van der Waals surface area contributed by atoms with Gasteiger partial charge in [-0.05, 0) is 24.5 Å². The first-order valence-corrected chi connectivity index (χ1v) is 5.46. The van der Waals surface area contributed by atoms with E-state index in [1.165, 1.54) is 20.3 Å². The number of hydrogen-bond donors (Lipinski definition) is 0. The fourth-order valence-corrected chi connectivity index (χ4v) is 2.06. The summed E-state index contributed by atoms with van der Waals surface area (Å²) in [6, 6.07) is 4.49. The van der Waals surface area contributed by atoms with Crippen LogP contribution in [0.2, 0.25) is 0 Å². The standard InChI is InChI=1S/C12H13NO5/c1-17-10-7-8(3-4-9(10)13(15)16)12(5-6-12)11(14)18-2/h3-4,7H,5-6H2,1-2H3. The minimum atomic E-state index is -0.642. The maximum absolute atomic E-state index is 11.7. The van der Waals surface area contributed by atoms with E-state index in [9.17, 15) is 14.9 Å². The topological polar surface area (TPSA) is 78.7 Å². The van der Waals surface area contributed by atoms with Crippen molar-refractivity contribution in [3.05, 3.63) is 33.9 Å². The zero-order valence-corrected chi connectivity index (χ0v) is 10.1. The largest absolute Gasteiger partial charge is 0.490 e. The number of nitro benzene ring substituents is 1. The molecule has 18 heavy (non-hydrogen) atoms. The van der Waals surface area contributed by atoms with Crippen LogP contribution in [0.25, 0.3) is 0 Å². The van der Waals surface area contributed by atoms with Crippen molar-refractivity contribution >= 4 is 11.7 Å². The van der Waals surface area contributed by atoms with Crippen LogP contribution in [0.4, 0.5) is 5.69 Å². The summed E-state index contributed by atoms with van der Waals surface area (Å²) in [5.41, 5.74) is -0.0457. The van der Waals surface area contributed by atoms with E-state index < -0.39 is 10.3 Å². The van der Waals surface area contributed by atoms with Crippen molar-refractivity contribution in [3.8, 4) is 5.75 Å². The molecule has 0 aliphatic heterocycles. The molecule has 6 nitrogen and oxygen atoms in total. The number of benzene rings is 1. The molecule has 0 radical (unpaired) electrons. The highest BCUT2D eigenvalue weighted by Gasteiger charge is 2.53. The smallest absolute Gasteiger partial charge is 0.316 e. The summed E-state index contributed by atoms with van der Waals surface area (Å²) >= 11 is 0. The molecule has 6 heteroatoms. The van der Waals surface area contributed by atoms with Gasteiger partial charge in [-0.2, -0.15) is 0 Å². The van der Waals surface area contributed by atoms with Crippen molar-refractivity contribution in [2.75, 3.05) is 14.2 Å². The number of hydrogen-bond acceptors (Lipinski definition) is 5. The van der Waals surface area contributed by atoms with E-state index in [1.807, 2.05) is 0 Å². The Morgan fingerprint density at radius 1 is 1.39 bits per heavy atom. The Morgan fingerprint density at radius 2 is 2.06 bits per heavy atom. The number of carbonyl (C=O) groups excluding carboxylic acids is 1. The van der Waals surface area contributed by atoms with Crippen LogP contribution in [0.3, 0.4) is 0 Å². The van der Waals surface area contributed by atoms with Gasteiger partial charge in [0.2, 0.25) is 0 Å². The van der Waals surface area contributed by atoms with Crippen LogP contribution in [0.5, 0.6) is 5.75 Å². The van der Waals surface area contributed by atoms with E-state index in [-0.39, 0.29) is 17.4 Å². The summed E-state index contributed by atoms with van der Waals surface area (Å²) in [4.78, 5) is 22.0. The third kappa shape index (κ3) is 1.79. The second-order valence-corrected chi connectivity index (χ2v) is 4.22. The number of nitrogens with zero attached hydrogens (tertiary/aromatic N) is 1. The lowest BCUT2D eigenvalue weighted by Crippen LogP contribution is -2.21. The van der Waals surface area contributed by atoms with E-state index in [1.54, 1.807) is 12.1 Å². The number of methoxy groups -OCH3 is 2. The van der Waals surface area contributed by atoms with Gasteiger partial charge >= 0.3 is 11.7 Å². The number of ether oxygens (including phenoxy) is 2. The first-order chi connectivity index (χ1) is 8.55. The van der Waals surface area contributed by atoms with Gasteiger partial charge in [0.15, 0.2) is 5.75 Å². The molecule has 0 heterocycles. The zero-order chi connectivity index (χ0) is 13.3. The van der Waals surface area contributed by atoms with E-state index in [0.29, 0.717) is 18.4 Å². The van der Waals surface area contributed by atoms with E-state index in [4.69, 9.17) is 9.47 Å². The Bertz CT molecular complexity index is 507. The SMILES string of the molecule is COC(=O)C1(c2ccc([N+](=O)[O-])c(OC)c2)CC1. The molecule has 2 rings (SSSR count). The van der Waals surface area contributed by atoms with Gasteiger partial charge in [-0.15, -0.1) is 0 Å². The summed E-state index contributed by atoms with van der Waals surface area (Å²) in [5.74, 6) is -0.147. The van der Waals surface area contributed by atoms with Crippen LogP contribution < -0.4 is 4.74 Å². The first kappa shape index (κ1) is 12.3. The highest BCUT2D eigenvalue weighted by molar-refractivity contribution is 5.86. The van der Waals surface area contributed by atoms with Crippen molar-refractivity contribution in [1.29, 1.82) is 0 Å². The number of rotatable bonds is 4. The van der Waals surface area contributed by atoms with Crippen molar-refractivity contribution in [1.82, 2.24) is 0 Å². The fourth-order valence-electron chi connectivity index (χ4n) is 2.06. The number of esters is 1. The lowest BCUT2D eigenvalue weighted by Gasteiger charge is -2.13. The number of carbonyl (C=O) groups is 1. The van der Waals surface area contributed by atoms with Crippen LogP contribution in [0.15, 0.2) is 18.2 Å². The molecule has 1 fully saturated rings. The minimum absolute atomic E-state index is 0.109. The van der Waals surface area contributed by atoms with Gasteiger partial charge in [-0.1, -0.05) is 6.07 Å². The summed E-state index contributed by atoms with van der Waals surface area (Å²) < 4.78 is 9.76. The third-order valence-corrected chi connectivity index (χ3v) is 3.26. The molecule has 0 aromatic heterocycles. The summed E-state index contributed by atoms with van der Waals surface area (Å²) in [6.07, 6.45) is 1.39. The van der Waals surface area contributed by atoms with Gasteiger partial charge in [-0.3, -0.25) is 14.9 Å². The molecule has 0 unspecified atom stereocenters. The van der Waals surface area contributed by atoms with Crippen LogP contribution in [0.1, 0.15) is 18.4 Å². The van der Waals surface area contributed by atoms with Crippen molar-refractivity contribution < 1.29 is 19.2 Å². The monoisotopic (exact) mass is 251 g/mol. The second kappa shape index (κ2) is 4.29. The quantitative estimate of drug-likeness (QED) is 0.463. The Balaban J connectivity index is 2.42. The van der Waals surface area contributed by atoms with E-state index in [2.05, 4.69) is 0 Å². The predicted molar refractivity (Wildman–Crippen MR) is 62.6 cm³/mol. The molecule has 0 atom stereocenters. The van der Waals surface area contributed by atoms with Gasteiger partial charge in [0.25, 0.3) is 0 Å². The van der Waals surface area contributed by atoms with Crippen LogP contribution in [-0.2, 0) is 14.9 Å². The molecular formula is C12H13NO5. The average molecular weight is 251 g/mol. The predicted octanol–water partition coefficient (Wildman–Crippen LogP) is 1.81. The summed E-state index contributed by atoms with van der Waals surface area (Å²) in [5, 5.41) is 10.8. The Kier molecular flexibility index (Phi) is 2.94. The van der Waals surface area contributed by atoms with Gasteiger partial charge in [0.1, 0.15) is 0 Å². The molecule has 0 bridgehead atoms. The normalized spacial score (nSPS) is 15.9. The van der Waals surface area contributed by atoms with Gasteiger partial charge in [0, 0.05) is 6.07 Å². The molecule has 1 aromatic rings. The maximum atomic E-state index is 11.7. The molecule has 96 valence electrons. The molecule has 0 spiro atoms. The van der Waals surface area contributed by atoms with Crippen molar-refractivity contribution in [3.63, 3.8) is 0 Å². The van der Waals surface area contributed by atoms with Crippen molar-refractivity contribution in [2.45, 2.75) is 18.3 Å². The zero-order valence-electron chi connectivity index (χ0n) is 10.1. The molecule has 0 saturated heterocycles. The molecule has 1 aliphatic carbocycles.